The van der Waals surface area contributed by atoms with Crippen LogP contribution >= 0.6 is 0 Å². The standard InChI is InChI=1S/C14H19N3O3S/c1-3-12-5-4-11(10-18)8-14(12)21(19,20)15-9-13-6-7-17(2)16-13/h4-8,15,18H,3,9-10H2,1-2H3. The minimum Gasteiger partial charge on any atom is -0.392 e. The number of benzene rings is 1. The largest absolute Gasteiger partial charge is 0.392 e. The first kappa shape index (κ1) is 15.7. The van der Waals surface area contributed by atoms with Gasteiger partial charge in [-0.05, 0) is 29.7 Å². The van der Waals surface area contributed by atoms with Gasteiger partial charge in [-0.25, -0.2) is 13.1 Å². The van der Waals surface area contributed by atoms with Gasteiger partial charge in [0.05, 0.1) is 23.7 Å². The molecule has 0 fully saturated rings. The zero-order valence-electron chi connectivity index (χ0n) is 12.1. The first-order valence-corrected chi connectivity index (χ1v) is 8.15. The maximum Gasteiger partial charge on any atom is 0.241 e. The van der Waals surface area contributed by atoms with E-state index in [9.17, 15) is 13.5 Å². The number of rotatable bonds is 6. The minimum absolute atomic E-state index is 0.135. The first-order chi connectivity index (χ1) is 9.96. The van der Waals surface area contributed by atoms with Gasteiger partial charge >= 0.3 is 0 Å². The van der Waals surface area contributed by atoms with Gasteiger partial charge in [-0.1, -0.05) is 19.1 Å². The summed E-state index contributed by atoms with van der Waals surface area (Å²) >= 11 is 0. The summed E-state index contributed by atoms with van der Waals surface area (Å²) in [5.74, 6) is 0. The van der Waals surface area contributed by atoms with E-state index in [0.717, 1.165) is 5.56 Å². The Hall–Kier alpha value is -1.70. The van der Waals surface area contributed by atoms with Crippen LogP contribution in [-0.4, -0.2) is 23.3 Å². The zero-order chi connectivity index (χ0) is 15.5. The van der Waals surface area contributed by atoms with Crippen molar-refractivity contribution in [3.63, 3.8) is 0 Å². The Kier molecular flexibility index (Phi) is 4.76. The third kappa shape index (κ3) is 3.69. The van der Waals surface area contributed by atoms with Crippen molar-refractivity contribution in [1.82, 2.24) is 14.5 Å². The highest BCUT2D eigenvalue weighted by molar-refractivity contribution is 7.89. The fraction of sp³-hybridized carbons (Fsp3) is 0.357. The summed E-state index contributed by atoms with van der Waals surface area (Å²) in [6.07, 6.45) is 2.36. The quantitative estimate of drug-likeness (QED) is 0.832. The third-order valence-corrected chi connectivity index (χ3v) is 4.68. The first-order valence-electron chi connectivity index (χ1n) is 6.67. The van der Waals surface area contributed by atoms with Crippen LogP contribution in [0.5, 0.6) is 0 Å². The summed E-state index contributed by atoms with van der Waals surface area (Å²) in [7, 11) is -1.86. The molecule has 0 aliphatic heterocycles. The minimum atomic E-state index is -3.63. The van der Waals surface area contributed by atoms with E-state index in [1.807, 2.05) is 6.92 Å². The maximum absolute atomic E-state index is 12.4. The maximum atomic E-state index is 12.4. The lowest BCUT2D eigenvalue weighted by Gasteiger charge is -2.11. The molecule has 114 valence electrons. The summed E-state index contributed by atoms with van der Waals surface area (Å²) in [5, 5.41) is 13.3. The summed E-state index contributed by atoms with van der Waals surface area (Å²) in [5.41, 5.74) is 1.95. The molecule has 7 heteroatoms. The zero-order valence-corrected chi connectivity index (χ0v) is 12.9. The second-order valence-electron chi connectivity index (χ2n) is 4.76. The Morgan fingerprint density at radius 2 is 2.10 bits per heavy atom. The van der Waals surface area contributed by atoms with E-state index in [4.69, 9.17) is 0 Å². The topological polar surface area (TPSA) is 84.2 Å². The number of nitrogens with one attached hydrogen (secondary N) is 1. The summed E-state index contributed by atoms with van der Waals surface area (Å²) in [6.45, 7) is 1.84. The molecule has 0 aliphatic carbocycles. The fourth-order valence-electron chi connectivity index (χ4n) is 2.04. The molecule has 2 aromatic rings. The Labute approximate surface area is 124 Å². The Balaban J connectivity index is 2.26. The second kappa shape index (κ2) is 6.38. The van der Waals surface area contributed by atoms with Crippen molar-refractivity contribution in [1.29, 1.82) is 0 Å². The van der Waals surface area contributed by atoms with Crippen LogP contribution in [0.15, 0.2) is 35.4 Å². The number of sulfonamides is 1. The van der Waals surface area contributed by atoms with Gasteiger partial charge in [0.1, 0.15) is 0 Å². The van der Waals surface area contributed by atoms with Gasteiger partial charge in [-0.2, -0.15) is 5.10 Å². The molecule has 1 aromatic heterocycles. The normalized spacial score (nSPS) is 11.8. The van der Waals surface area contributed by atoms with Crippen LogP contribution in [-0.2, 0) is 36.6 Å². The molecule has 1 aromatic carbocycles. The Morgan fingerprint density at radius 1 is 1.33 bits per heavy atom. The van der Waals surface area contributed by atoms with Crippen LogP contribution in [0.3, 0.4) is 0 Å². The molecule has 0 bridgehead atoms. The van der Waals surface area contributed by atoms with E-state index in [0.29, 0.717) is 17.7 Å². The Morgan fingerprint density at radius 3 is 2.67 bits per heavy atom. The molecule has 2 rings (SSSR count). The van der Waals surface area contributed by atoms with Crippen LogP contribution in [0.1, 0.15) is 23.7 Å². The van der Waals surface area contributed by atoms with Gasteiger partial charge in [-0.3, -0.25) is 4.68 Å². The van der Waals surface area contributed by atoms with E-state index >= 15 is 0 Å². The second-order valence-corrected chi connectivity index (χ2v) is 6.49. The molecule has 0 atom stereocenters. The Bertz CT molecular complexity index is 723. The summed E-state index contributed by atoms with van der Waals surface area (Å²) < 4.78 is 29.0. The number of nitrogens with zero attached hydrogens (tertiary/aromatic N) is 2. The van der Waals surface area contributed by atoms with Crippen LogP contribution in [0.25, 0.3) is 0 Å². The number of aliphatic hydroxyl groups excluding tert-OH is 1. The monoisotopic (exact) mass is 309 g/mol. The summed E-state index contributed by atoms with van der Waals surface area (Å²) in [4.78, 5) is 0.215. The molecule has 0 aliphatic rings. The fourth-order valence-corrected chi connectivity index (χ4v) is 3.40. The van der Waals surface area contributed by atoms with Crippen molar-refractivity contribution >= 4 is 10.0 Å². The third-order valence-electron chi connectivity index (χ3n) is 3.20. The molecule has 0 spiro atoms. The van der Waals surface area contributed by atoms with E-state index in [-0.39, 0.29) is 18.0 Å². The lowest BCUT2D eigenvalue weighted by atomic mass is 10.1. The molecule has 6 nitrogen and oxygen atoms in total. The average molecular weight is 309 g/mol. The van der Waals surface area contributed by atoms with E-state index in [1.165, 1.54) is 6.07 Å². The number of hydrogen-bond donors (Lipinski definition) is 2. The highest BCUT2D eigenvalue weighted by atomic mass is 32.2. The molecule has 2 N–H and O–H groups in total. The van der Waals surface area contributed by atoms with Gasteiger partial charge in [0.15, 0.2) is 0 Å². The van der Waals surface area contributed by atoms with Gasteiger partial charge < -0.3 is 5.11 Å². The van der Waals surface area contributed by atoms with Crippen molar-refractivity contribution in [3.05, 3.63) is 47.3 Å². The predicted octanol–water partition coefficient (Wildman–Crippen LogP) is 0.953. The lowest BCUT2D eigenvalue weighted by molar-refractivity contribution is 0.281. The van der Waals surface area contributed by atoms with Crippen molar-refractivity contribution in [2.75, 3.05) is 0 Å². The number of aliphatic hydroxyl groups is 1. The van der Waals surface area contributed by atoms with Crippen LogP contribution in [0.2, 0.25) is 0 Å². The number of aromatic nitrogens is 2. The van der Waals surface area contributed by atoms with E-state index < -0.39 is 10.0 Å². The van der Waals surface area contributed by atoms with Crippen molar-refractivity contribution in [2.24, 2.45) is 7.05 Å². The van der Waals surface area contributed by atoms with Gasteiger partial charge in [0.2, 0.25) is 10.0 Å². The molecular formula is C14H19N3O3S. The molecule has 0 radical (unpaired) electrons. The number of hydrogen-bond acceptors (Lipinski definition) is 4. The van der Waals surface area contributed by atoms with Crippen molar-refractivity contribution in [2.45, 2.75) is 31.4 Å². The highest BCUT2D eigenvalue weighted by Gasteiger charge is 2.18. The van der Waals surface area contributed by atoms with E-state index in [1.54, 1.807) is 36.1 Å². The molecule has 0 saturated heterocycles. The molecule has 0 saturated carbocycles. The van der Waals surface area contributed by atoms with Crippen LogP contribution in [0, 0.1) is 0 Å². The SMILES string of the molecule is CCc1ccc(CO)cc1S(=O)(=O)NCc1ccn(C)n1. The molecule has 21 heavy (non-hydrogen) atoms. The molecular weight excluding hydrogens is 290 g/mol. The molecule has 0 unspecified atom stereocenters. The van der Waals surface area contributed by atoms with Gasteiger partial charge in [0.25, 0.3) is 0 Å². The predicted molar refractivity (Wildman–Crippen MR) is 79.0 cm³/mol. The van der Waals surface area contributed by atoms with Gasteiger partial charge in [-0.15, -0.1) is 0 Å². The lowest BCUT2D eigenvalue weighted by Crippen LogP contribution is -2.24. The summed E-state index contributed by atoms with van der Waals surface area (Å²) in [6, 6.07) is 6.74. The van der Waals surface area contributed by atoms with Crippen LogP contribution in [0.4, 0.5) is 0 Å². The van der Waals surface area contributed by atoms with E-state index in [2.05, 4.69) is 9.82 Å². The average Bonchev–Trinajstić information content (AvgIpc) is 2.90. The smallest absolute Gasteiger partial charge is 0.241 e. The van der Waals surface area contributed by atoms with Crippen molar-refractivity contribution < 1.29 is 13.5 Å². The van der Waals surface area contributed by atoms with Gasteiger partial charge in [0, 0.05) is 13.2 Å². The molecule has 1 heterocycles. The van der Waals surface area contributed by atoms with Crippen LogP contribution < -0.4 is 4.72 Å². The molecule has 0 amide bonds. The highest BCUT2D eigenvalue weighted by Crippen LogP contribution is 2.19. The number of aryl methyl sites for hydroxylation is 2. The van der Waals surface area contributed by atoms with Crippen molar-refractivity contribution in [3.8, 4) is 0 Å².